The highest BCUT2D eigenvalue weighted by Gasteiger charge is 2.31. The molecule has 0 aromatic heterocycles. The molecule has 5 nitrogen and oxygen atoms in total. The molecule has 168 valence electrons. The third kappa shape index (κ3) is 6.97. The number of benzene rings is 2. The summed E-state index contributed by atoms with van der Waals surface area (Å²) in [5.41, 5.74) is 1.15. The van der Waals surface area contributed by atoms with E-state index in [1.54, 1.807) is 48.5 Å². The minimum absolute atomic E-state index is 0.0310. The van der Waals surface area contributed by atoms with Crippen molar-refractivity contribution >= 4 is 5.78 Å². The third-order valence-electron chi connectivity index (χ3n) is 6.11. The summed E-state index contributed by atoms with van der Waals surface area (Å²) < 4.78 is 5.86. The quantitative estimate of drug-likeness (QED) is 0.624. The van der Waals surface area contributed by atoms with Crippen LogP contribution in [0.5, 0.6) is 0 Å². The number of carbonyl (C=O) groups excluding carboxylic acids is 1. The Labute approximate surface area is 184 Å². The number of ketones is 1. The van der Waals surface area contributed by atoms with Crippen molar-refractivity contribution in [1.82, 2.24) is 0 Å². The molecule has 2 fully saturated rings. The average Bonchev–Trinajstić information content (AvgIpc) is 2.82. The zero-order chi connectivity index (χ0) is 22.1. The average molecular weight is 427 g/mol. The Morgan fingerprint density at radius 1 is 0.742 bits per heavy atom. The second kappa shape index (κ2) is 12.1. The molecule has 31 heavy (non-hydrogen) atoms. The Kier molecular flexibility index (Phi) is 9.22. The van der Waals surface area contributed by atoms with Crippen LogP contribution in [0.3, 0.4) is 0 Å². The Hall–Kier alpha value is -2.05. The van der Waals surface area contributed by atoms with Crippen LogP contribution in [0.15, 0.2) is 60.7 Å². The Bertz CT molecular complexity index is 759. The van der Waals surface area contributed by atoms with Crippen LogP contribution in [0.25, 0.3) is 0 Å². The SMILES string of the molecule is O=C(c1ccccc1)C(O)c1ccccc1.OC1CCCCC1OC1CCCCC1O. The molecule has 4 rings (SSSR count). The van der Waals surface area contributed by atoms with Gasteiger partial charge in [0.2, 0.25) is 0 Å². The first-order valence-electron chi connectivity index (χ1n) is 11.4. The molecule has 0 bridgehead atoms. The van der Waals surface area contributed by atoms with E-state index in [9.17, 15) is 20.1 Å². The lowest BCUT2D eigenvalue weighted by molar-refractivity contribution is -0.138. The van der Waals surface area contributed by atoms with Crippen LogP contribution in [0.2, 0.25) is 0 Å². The topological polar surface area (TPSA) is 87.0 Å². The van der Waals surface area contributed by atoms with Crippen molar-refractivity contribution in [2.75, 3.05) is 0 Å². The first-order valence-corrected chi connectivity index (χ1v) is 11.4. The summed E-state index contributed by atoms with van der Waals surface area (Å²) in [7, 11) is 0. The minimum Gasteiger partial charge on any atom is -0.390 e. The smallest absolute Gasteiger partial charge is 0.195 e. The molecule has 0 spiro atoms. The van der Waals surface area contributed by atoms with E-state index in [2.05, 4.69) is 0 Å². The summed E-state index contributed by atoms with van der Waals surface area (Å²) in [6.45, 7) is 0. The molecule has 0 amide bonds. The molecule has 2 aliphatic carbocycles. The van der Waals surface area contributed by atoms with Crippen molar-refractivity contribution in [3.05, 3.63) is 71.8 Å². The second-order valence-electron chi connectivity index (χ2n) is 8.46. The van der Waals surface area contributed by atoms with E-state index in [4.69, 9.17) is 4.74 Å². The van der Waals surface area contributed by atoms with Gasteiger partial charge in [-0.1, -0.05) is 86.3 Å². The lowest BCUT2D eigenvalue weighted by Crippen LogP contribution is -2.41. The van der Waals surface area contributed by atoms with Gasteiger partial charge in [0, 0.05) is 5.56 Å². The van der Waals surface area contributed by atoms with Gasteiger partial charge in [0.15, 0.2) is 5.78 Å². The molecule has 2 saturated carbocycles. The maximum atomic E-state index is 11.9. The standard InChI is InChI=1S/C14H12O2.C12H22O3/c15-13(11-7-3-1-4-8-11)14(16)12-9-5-2-6-10-12;13-9-5-1-3-7-11(9)15-12-8-4-2-6-10(12)14/h1-10,13,15H;9-14H,1-8H2. The van der Waals surface area contributed by atoms with E-state index in [0.717, 1.165) is 51.4 Å². The number of carbonyl (C=O) groups is 1. The molecule has 2 aromatic carbocycles. The molecule has 0 aliphatic heterocycles. The Morgan fingerprint density at radius 3 is 1.68 bits per heavy atom. The van der Waals surface area contributed by atoms with Crippen LogP contribution in [0.1, 0.15) is 73.4 Å². The van der Waals surface area contributed by atoms with E-state index in [1.165, 1.54) is 0 Å². The molecule has 5 unspecified atom stereocenters. The van der Waals surface area contributed by atoms with Crippen molar-refractivity contribution in [2.24, 2.45) is 0 Å². The van der Waals surface area contributed by atoms with Crippen LogP contribution in [-0.4, -0.2) is 45.5 Å². The maximum Gasteiger partial charge on any atom is 0.195 e. The van der Waals surface area contributed by atoms with E-state index in [0.29, 0.717) is 11.1 Å². The van der Waals surface area contributed by atoms with Gasteiger partial charge in [0.1, 0.15) is 6.10 Å². The normalized spacial score (nSPS) is 26.9. The van der Waals surface area contributed by atoms with Crippen LogP contribution < -0.4 is 0 Å². The fourth-order valence-corrected chi connectivity index (χ4v) is 4.24. The summed E-state index contributed by atoms with van der Waals surface area (Å²) in [5, 5.41) is 29.5. The van der Waals surface area contributed by atoms with Crippen molar-refractivity contribution in [3.8, 4) is 0 Å². The predicted molar refractivity (Wildman–Crippen MR) is 120 cm³/mol. The van der Waals surface area contributed by atoms with Crippen molar-refractivity contribution < 1.29 is 24.9 Å². The molecule has 5 atom stereocenters. The summed E-state index contributed by atoms with van der Waals surface area (Å²) in [4.78, 5) is 11.9. The van der Waals surface area contributed by atoms with E-state index in [1.807, 2.05) is 12.1 Å². The highest BCUT2D eigenvalue weighted by molar-refractivity contribution is 5.99. The third-order valence-corrected chi connectivity index (χ3v) is 6.11. The zero-order valence-corrected chi connectivity index (χ0v) is 18.0. The Balaban J connectivity index is 0.000000176. The second-order valence-corrected chi connectivity index (χ2v) is 8.46. The summed E-state index contributed by atoms with van der Waals surface area (Å²) in [6, 6.07) is 17.7. The molecule has 2 aliphatic rings. The van der Waals surface area contributed by atoms with Crippen LogP contribution in [-0.2, 0) is 4.74 Å². The zero-order valence-electron chi connectivity index (χ0n) is 18.0. The van der Waals surface area contributed by atoms with E-state index < -0.39 is 6.10 Å². The summed E-state index contributed by atoms with van der Waals surface area (Å²) in [6.07, 6.45) is 6.34. The number of hydrogen-bond donors (Lipinski definition) is 3. The molecule has 3 N–H and O–H groups in total. The highest BCUT2D eigenvalue weighted by Crippen LogP contribution is 2.27. The first-order chi connectivity index (χ1) is 15.1. The summed E-state index contributed by atoms with van der Waals surface area (Å²) >= 11 is 0. The lowest BCUT2D eigenvalue weighted by Gasteiger charge is -2.35. The van der Waals surface area contributed by atoms with Crippen molar-refractivity contribution in [1.29, 1.82) is 0 Å². The van der Waals surface area contributed by atoms with Gasteiger partial charge in [-0.3, -0.25) is 4.79 Å². The predicted octanol–water partition coefficient (Wildman–Crippen LogP) is 4.21. The molecule has 0 heterocycles. The van der Waals surface area contributed by atoms with Crippen molar-refractivity contribution in [2.45, 2.75) is 81.9 Å². The van der Waals surface area contributed by atoms with Gasteiger partial charge in [0.05, 0.1) is 24.4 Å². The van der Waals surface area contributed by atoms with Crippen molar-refractivity contribution in [3.63, 3.8) is 0 Å². The number of aliphatic hydroxyl groups excluding tert-OH is 3. The number of aliphatic hydroxyl groups is 3. The molecule has 0 radical (unpaired) electrons. The van der Waals surface area contributed by atoms with Gasteiger partial charge in [-0.15, -0.1) is 0 Å². The fourth-order valence-electron chi connectivity index (χ4n) is 4.24. The van der Waals surface area contributed by atoms with Gasteiger partial charge >= 0.3 is 0 Å². The van der Waals surface area contributed by atoms with Gasteiger partial charge in [0.25, 0.3) is 0 Å². The number of hydrogen-bond acceptors (Lipinski definition) is 5. The van der Waals surface area contributed by atoms with Crippen LogP contribution >= 0.6 is 0 Å². The van der Waals surface area contributed by atoms with Crippen LogP contribution in [0, 0.1) is 0 Å². The number of Topliss-reactive ketones (excluding diaryl/α,β-unsaturated/α-hetero) is 1. The molecular formula is C26H34O5. The molecule has 0 saturated heterocycles. The fraction of sp³-hybridized carbons (Fsp3) is 0.500. The lowest BCUT2D eigenvalue weighted by atomic mass is 9.92. The minimum atomic E-state index is -1.08. The van der Waals surface area contributed by atoms with Gasteiger partial charge < -0.3 is 20.1 Å². The number of ether oxygens (including phenoxy) is 1. The van der Waals surface area contributed by atoms with E-state index >= 15 is 0 Å². The first kappa shape index (κ1) is 23.6. The molecular weight excluding hydrogens is 392 g/mol. The molecule has 5 heteroatoms. The largest absolute Gasteiger partial charge is 0.390 e. The van der Waals surface area contributed by atoms with E-state index in [-0.39, 0.29) is 30.2 Å². The van der Waals surface area contributed by atoms with Gasteiger partial charge in [-0.2, -0.15) is 0 Å². The number of rotatable bonds is 5. The van der Waals surface area contributed by atoms with Gasteiger partial charge in [-0.25, -0.2) is 0 Å². The molecule has 2 aromatic rings. The maximum absolute atomic E-state index is 11.9. The Morgan fingerprint density at radius 2 is 1.19 bits per heavy atom. The summed E-state index contributed by atoms with van der Waals surface area (Å²) in [5.74, 6) is -0.271. The van der Waals surface area contributed by atoms with Crippen LogP contribution in [0.4, 0.5) is 0 Å². The monoisotopic (exact) mass is 426 g/mol. The van der Waals surface area contributed by atoms with Gasteiger partial charge in [-0.05, 0) is 31.2 Å². The highest BCUT2D eigenvalue weighted by atomic mass is 16.5.